The van der Waals surface area contributed by atoms with Crippen LogP contribution in [0.25, 0.3) is 0 Å². The minimum Gasteiger partial charge on any atom is -0.450 e. The lowest BCUT2D eigenvalue weighted by Gasteiger charge is -2.23. The van der Waals surface area contributed by atoms with Crippen LogP contribution in [0.1, 0.15) is 59.3 Å². The predicted octanol–water partition coefficient (Wildman–Crippen LogP) is 2.38. The van der Waals surface area contributed by atoms with E-state index in [4.69, 9.17) is 18.9 Å². The van der Waals surface area contributed by atoms with Gasteiger partial charge in [-0.15, -0.1) is 0 Å². The monoisotopic (exact) mass is 327 g/mol. The molecular weight excluding hydrogens is 298 g/mol. The number of hydrogen-bond donors (Lipinski definition) is 1. The first-order valence-corrected chi connectivity index (χ1v) is 8.89. The van der Waals surface area contributed by atoms with Crippen LogP contribution in [0.4, 0.5) is 0 Å². The topological polar surface area (TPSA) is 69.5 Å². The minimum atomic E-state index is -0.708. The summed E-state index contributed by atoms with van der Waals surface area (Å²) in [5, 5.41) is 10.5. The van der Waals surface area contributed by atoms with Crippen LogP contribution in [0, 0.1) is 0 Å². The maximum Gasteiger partial charge on any atom is 0.227 e. The molecule has 0 spiro atoms. The second-order valence-corrected chi connectivity index (χ2v) is 7.12. The molecule has 0 aromatic heterocycles. The highest BCUT2D eigenvalue weighted by Gasteiger charge is 2.54. The Bertz CT molecular complexity index is 439. The first-order chi connectivity index (χ1) is 11.0. The lowest BCUT2D eigenvalue weighted by Crippen LogP contribution is -2.40. The van der Waals surface area contributed by atoms with Gasteiger partial charge >= 0.3 is 0 Å². The molecule has 2 saturated heterocycles. The summed E-state index contributed by atoms with van der Waals surface area (Å²) in [4.78, 5) is 4.53. The Labute approximate surface area is 138 Å². The minimum absolute atomic E-state index is 0.276. The van der Waals surface area contributed by atoms with Gasteiger partial charge in [-0.2, -0.15) is 0 Å². The molecule has 2 fully saturated rings. The lowest BCUT2D eigenvalue weighted by molar-refractivity contribution is -0.172. The molecule has 0 amide bonds. The average Bonchev–Trinajstić information content (AvgIpc) is 3.14. The summed E-state index contributed by atoms with van der Waals surface area (Å²) in [6.45, 7) is 6.35. The zero-order valence-corrected chi connectivity index (χ0v) is 14.4. The Balaban J connectivity index is 1.48. The van der Waals surface area contributed by atoms with Gasteiger partial charge in [0.15, 0.2) is 11.7 Å². The van der Waals surface area contributed by atoms with E-state index in [0.29, 0.717) is 6.61 Å². The molecule has 0 aromatic carbocycles. The molecule has 3 aliphatic heterocycles. The Morgan fingerprint density at radius 2 is 2.00 bits per heavy atom. The number of rotatable bonds is 7. The van der Waals surface area contributed by atoms with E-state index in [2.05, 4.69) is 11.9 Å². The van der Waals surface area contributed by atoms with E-state index >= 15 is 0 Å². The molecule has 0 aromatic rings. The second-order valence-electron chi connectivity index (χ2n) is 7.12. The molecule has 132 valence electrons. The van der Waals surface area contributed by atoms with E-state index < -0.39 is 24.3 Å². The number of nitrogens with zero attached hydrogens (tertiary/aromatic N) is 1. The number of ether oxygens (including phenoxy) is 4. The summed E-state index contributed by atoms with van der Waals surface area (Å²) in [6, 6.07) is -0.335. The van der Waals surface area contributed by atoms with E-state index in [0.717, 1.165) is 18.7 Å². The van der Waals surface area contributed by atoms with Crippen LogP contribution in [0.5, 0.6) is 0 Å². The van der Waals surface area contributed by atoms with Crippen molar-refractivity contribution in [2.75, 3.05) is 6.61 Å². The highest BCUT2D eigenvalue weighted by atomic mass is 16.8. The van der Waals surface area contributed by atoms with Crippen LogP contribution in [0.15, 0.2) is 4.99 Å². The molecule has 0 radical (unpaired) electrons. The molecule has 3 rings (SSSR count). The summed E-state index contributed by atoms with van der Waals surface area (Å²) < 4.78 is 23.0. The molecule has 5 atom stereocenters. The van der Waals surface area contributed by atoms with Gasteiger partial charge in [0.1, 0.15) is 24.4 Å². The van der Waals surface area contributed by atoms with Crippen molar-refractivity contribution in [2.24, 2.45) is 4.99 Å². The Hall–Kier alpha value is -0.690. The molecule has 3 heterocycles. The summed E-state index contributed by atoms with van der Waals surface area (Å²) in [7, 11) is 0. The third kappa shape index (κ3) is 3.87. The van der Waals surface area contributed by atoms with E-state index in [1.54, 1.807) is 0 Å². The number of unbranched alkanes of at least 4 members (excludes halogenated alkanes) is 4. The number of aliphatic hydroxyl groups excluding tert-OH is 1. The van der Waals surface area contributed by atoms with Crippen molar-refractivity contribution in [3.05, 3.63) is 0 Å². The van der Waals surface area contributed by atoms with Gasteiger partial charge < -0.3 is 24.1 Å². The second kappa shape index (κ2) is 7.05. The largest absolute Gasteiger partial charge is 0.450 e. The number of aliphatic imine (C=N–C) groups is 1. The standard InChI is InChI=1S/C17H29NO5/c1-4-5-6-7-8-9-12-18-13-14(19)15(22-16(13)21-12)11-10-20-17(2,3)23-11/h11,13-16,19H,4-10H2,1-3H3/t11-,13-,14-,15-,16+/m1/s1. The zero-order valence-electron chi connectivity index (χ0n) is 14.4. The van der Waals surface area contributed by atoms with Crippen molar-refractivity contribution >= 4 is 5.90 Å². The van der Waals surface area contributed by atoms with Gasteiger partial charge in [0, 0.05) is 6.42 Å². The van der Waals surface area contributed by atoms with Crippen LogP contribution in [0.3, 0.4) is 0 Å². The Kier molecular flexibility index (Phi) is 5.26. The third-order valence-electron chi connectivity index (χ3n) is 4.69. The van der Waals surface area contributed by atoms with Gasteiger partial charge in [-0.25, -0.2) is 4.99 Å². The zero-order chi connectivity index (χ0) is 16.4. The van der Waals surface area contributed by atoms with Gasteiger partial charge in [0.2, 0.25) is 6.29 Å². The number of hydrogen-bond acceptors (Lipinski definition) is 6. The summed E-state index contributed by atoms with van der Waals surface area (Å²) in [5.41, 5.74) is 0. The lowest BCUT2D eigenvalue weighted by atomic mass is 10.1. The van der Waals surface area contributed by atoms with Crippen LogP contribution in [0.2, 0.25) is 0 Å². The fourth-order valence-corrected chi connectivity index (χ4v) is 3.42. The molecule has 1 N–H and O–H groups in total. The summed E-state index contributed by atoms with van der Waals surface area (Å²) >= 11 is 0. The van der Waals surface area contributed by atoms with Crippen molar-refractivity contribution in [3.63, 3.8) is 0 Å². The molecule has 0 bridgehead atoms. The van der Waals surface area contributed by atoms with Crippen LogP contribution < -0.4 is 0 Å². The van der Waals surface area contributed by atoms with Gasteiger partial charge in [0.05, 0.1) is 6.61 Å². The van der Waals surface area contributed by atoms with Crippen molar-refractivity contribution in [1.29, 1.82) is 0 Å². The van der Waals surface area contributed by atoms with Gasteiger partial charge in [-0.3, -0.25) is 0 Å². The van der Waals surface area contributed by atoms with E-state index in [1.807, 2.05) is 13.8 Å². The van der Waals surface area contributed by atoms with Crippen molar-refractivity contribution in [2.45, 2.75) is 95.7 Å². The first kappa shape index (κ1) is 17.1. The maximum absolute atomic E-state index is 10.5. The number of aliphatic hydroxyl groups is 1. The molecule has 3 aliphatic rings. The van der Waals surface area contributed by atoms with Crippen LogP contribution >= 0.6 is 0 Å². The summed E-state index contributed by atoms with van der Waals surface area (Å²) in [5.74, 6) is 0.0945. The van der Waals surface area contributed by atoms with E-state index in [-0.39, 0.29) is 12.1 Å². The van der Waals surface area contributed by atoms with Gasteiger partial charge in [-0.1, -0.05) is 32.6 Å². The fraction of sp³-hybridized carbons (Fsp3) is 0.941. The SMILES string of the molecule is CCCCCCCC1=N[C@H]2[C@@H](O1)O[C@H]([C@H]1COC(C)(C)O1)[C@@H]2O. The molecule has 23 heavy (non-hydrogen) atoms. The van der Waals surface area contributed by atoms with Crippen molar-refractivity contribution < 1.29 is 24.1 Å². The van der Waals surface area contributed by atoms with Crippen molar-refractivity contribution in [3.8, 4) is 0 Å². The third-order valence-corrected chi connectivity index (χ3v) is 4.69. The van der Waals surface area contributed by atoms with Crippen LogP contribution in [-0.2, 0) is 18.9 Å². The van der Waals surface area contributed by atoms with E-state index in [9.17, 15) is 5.11 Å². The normalized spacial score (nSPS) is 38.4. The Morgan fingerprint density at radius 1 is 1.22 bits per heavy atom. The van der Waals surface area contributed by atoms with Crippen LogP contribution in [-0.4, -0.2) is 54.0 Å². The maximum atomic E-state index is 10.5. The van der Waals surface area contributed by atoms with Crippen molar-refractivity contribution in [1.82, 2.24) is 0 Å². The summed E-state index contributed by atoms with van der Waals surface area (Å²) in [6.07, 6.45) is 4.97. The molecular formula is C17H29NO5. The highest BCUT2D eigenvalue weighted by Crippen LogP contribution is 2.36. The smallest absolute Gasteiger partial charge is 0.227 e. The fourth-order valence-electron chi connectivity index (χ4n) is 3.42. The molecule has 6 heteroatoms. The predicted molar refractivity (Wildman–Crippen MR) is 85.3 cm³/mol. The van der Waals surface area contributed by atoms with Gasteiger partial charge in [0.25, 0.3) is 0 Å². The first-order valence-electron chi connectivity index (χ1n) is 8.89. The van der Waals surface area contributed by atoms with Gasteiger partial charge in [-0.05, 0) is 20.3 Å². The Morgan fingerprint density at radius 3 is 2.65 bits per heavy atom. The highest BCUT2D eigenvalue weighted by molar-refractivity contribution is 5.78. The number of fused-ring (bicyclic) bond motifs is 1. The molecule has 0 unspecified atom stereocenters. The molecule has 0 saturated carbocycles. The quantitative estimate of drug-likeness (QED) is 0.727. The molecule has 0 aliphatic carbocycles. The van der Waals surface area contributed by atoms with E-state index in [1.165, 1.54) is 25.7 Å². The average molecular weight is 327 g/mol. The molecule has 6 nitrogen and oxygen atoms in total.